The Kier molecular flexibility index (Phi) is 6.41. The van der Waals surface area contributed by atoms with Crippen molar-refractivity contribution in [2.24, 2.45) is 0 Å². The van der Waals surface area contributed by atoms with Crippen LogP contribution in [0.1, 0.15) is 11.4 Å². The Morgan fingerprint density at radius 2 is 1.90 bits per heavy atom. The minimum atomic E-state index is -4.60. The molecule has 0 radical (unpaired) electrons. The Hall–Kier alpha value is -0.880. The van der Waals surface area contributed by atoms with Crippen molar-refractivity contribution >= 4 is 44.8 Å². The maximum absolute atomic E-state index is 12.5. The smallest absolute Gasteiger partial charge is 0.305 e. The number of thiocarbonyl (C=S) groups is 1. The first-order valence-corrected chi connectivity index (χ1v) is 7.34. The van der Waals surface area contributed by atoms with Gasteiger partial charge in [-0.1, -0.05) is 35.3 Å². The van der Waals surface area contributed by atoms with Gasteiger partial charge in [0.25, 0.3) is 0 Å². The lowest BCUT2D eigenvalue weighted by Gasteiger charge is -2.15. The minimum absolute atomic E-state index is 0.0721. The monoisotopic (exact) mass is 367 g/mol. The molecule has 1 heterocycles. The fourth-order valence-corrected chi connectivity index (χ4v) is 2.83. The molecule has 0 unspecified atom stereocenters. The van der Waals surface area contributed by atoms with Gasteiger partial charge in [-0.3, -0.25) is 0 Å². The van der Waals surface area contributed by atoms with E-state index in [1.807, 2.05) is 0 Å². The number of nitrogens with zero attached hydrogens (tertiary/aromatic N) is 3. The first-order valence-electron chi connectivity index (χ1n) is 5.13. The van der Waals surface area contributed by atoms with Crippen LogP contribution in [-0.2, 0) is 6.18 Å². The maximum atomic E-state index is 12.5. The molecular weight excluding hydrogens is 360 g/mol. The highest BCUT2D eigenvalue weighted by Crippen LogP contribution is 2.34. The van der Waals surface area contributed by atoms with Gasteiger partial charge in [-0.05, 0) is 0 Å². The summed E-state index contributed by atoms with van der Waals surface area (Å²) in [6, 6.07) is 0. The van der Waals surface area contributed by atoms with E-state index in [0.29, 0.717) is 11.3 Å². The van der Waals surface area contributed by atoms with E-state index in [1.165, 1.54) is 7.05 Å². The fourth-order valence-electron chi connectivity index (χ4n) is 0.963. The summed E-state index contributed by atoms with van der Waals surface area (Å²) in [6.07, 6.45) is -7.52. The number of rotatable bonds is 4. The van der Waals surface area contributed by atoms with Crippen LogP contribution in [0.15, 0.2) is 11.9 Å². The fraction of sp³-hybridized carbons (Fsp3) is 0.444. The highest BCUT2D eigenvalue weighted by atomic mass is 32.2. The Balaban J connectivity index is 2.59. The molecule has 118 valence electrons. The van der Waals surface area contributed by atoms with Gasteiger partial charge in [0.05, 0.1) is 0 Å². The van der Waals surface area contributed by atoms with Crippen LogP contribution in [0.25, 0.3) is 0 Å². The molecule has 3 nitrogen and oxygen atoms in total. The average molecular weight is 367 g/mol. The van der Waals surface area contributed by atoms with E-state index in [9.17, 15) is 26.3 Å². The van der Waals surface area contributed by atoms with Gasteiger partial charge < -0.3 is 4.90 Å². The molecule has 0 aliphatic heterocycles. The molecule has 1 aromatic heterocycles. The van der Waals surface area contributed by atoms with Gasteiger partial charge in [0.1, 0.15) is 4.32 Å². The van der Waals surface area contributed by atoms with Crippen molar-refractivity contribution in [2.75, 3.05) is 17.7 Å². The van der Waals surface area contributed by atoms with Crippen molar-refractivity contribution < 1.29 is 26.3 Å². The summed E-state index contributed by atoms with van der Waals surface area (Å²) in [5.74, 6) is -1.61. The molecule has 0 saturated carbocycles. The van der Waals surface area contributed by atoms with E-state index < -0.39 is 29.5 Å². The lowest BCUT2D eigenvalue weighted by Crippen LogP contribution is -2.21. The van der Waals surface area contributed by atoms with E-state index >= 15 is 0 Å². The van der Waals surface area contributed by atoms with Gasteiger partial charge in [0.15, 0.2) is 5.83 Å². The summed E-state index contributed by atoms with van der Waals surface area (Å²) in [7, 11) is 1.36. The van der Waals surface area contributed by atoms with Crippen LogP contribution in [0.5, 0.6) is 0 Å². The van der Waals surface area contributed by atoms with E-state index in [2.05, 4.69) is 10.2 Å². The largest absolute Gasteiger partial charge is 0.445 e. The van der Waals surface area contributed by atoms with Crippen molar-refractivity contribution in [2.45, 2.75) is 12.6 Å². The second-order valence-corrected chi connectivity index (χ2v) is 6.16. The minimum Gasteiger partial charge on any atom is -0.305 e. The van der Waals surface area contributed by atoms with Crippen LogP contribution in [0.4, 0.5) is 31.5 Å². The zero-order valence-electron chi connectivity index (χ0n) is 10.2. The molecule has 0 saturated heterocycles. The molecule has 0 aliphatic rings. The van der Waals surface area contributed by atoms with Crippen LogP contribution in [0, 0.1) is 0 Å². The van der Waals surface area contributed by atoms with Crippen molar-refractivity contribution in [3.05, 3.63) is 16.9 Å². The third-order valence-corrected chi connectivity index (χ3v) is 4.57. The summed E-state index contributed by atoms with van der Waals surface area (Å²) < 4.78 is 73.4. The van der Waals surface area contributed by atoms with Crippen LogP contribution >= 0.6 is 35.3 Å². The number of hydrogen-bond acceptors (Lipinski definition) is 5. The highest BCUT2D eigenvalue weighted by Gasteiger charge is 2.36. The van der Waals surface area contributed by atoms with Crippen LogP contribution < -0.4 is 4.90 Å². The number of aromatic nitrogens is 2. The van der Waals surface area contributed by atoms with Crippen LogP contribution in [0.2, 0.25) is 0 Å². The van der Waals surface area contributed by atoms with Crippen molar-refractivity contribution in [3.8, 4) is 0 Å². The zero-order chi connectivity index (χ0) is 16.2. The van der Waals surface area contributed by atoms with Gasteiger partial charge in [-0.15, -0.1) is 10.2 Å². The summed E-state index contributed by atoms with van der Waals surface area (Å²) in [5, 5.41) is 5.12. The number of halogens is 6. The molecule has 0 aromatic carbocycles. The second kappa shape index (κ2) is 7.40. The predicted molar refractivity (Wildman–Crippen MR) is 73.3 cm³/mol. The maximum Gasteiger partial charge on any atom is 0.445 e. The summed E-state index contributed by atoms with van der Waals surface area (Å²) in [4.78, 5) is 1.15. The molecule has 1 rings (SSSR count). The first-order chi connectivity index (χ1) is 9.62. The van der Waals surface area contributed by atoms with Crippen molar-refractivity contribution in [1.29, 1.82) is 0 Å². The second-order valence-electron chi connectivity index (χ2n) is 3.48. The number of anilines is 1. The number of alkyl halides is 3. The van der Waals surface area contributed by atoms with E-state index in [-0.39, 0.29) is 15.2 Å². The molecular formula is C9H7F6N3S3. The molecule has 0 spiro atoms. The lowest BCUT2D eigenvalue weighted by atomic mass is 10.4. The zero-order valence-corrected chi connectivity index (χ0v) is 12.7. The standard InChI is InChI=1S/C9H7F6N3S3/c1-18(7-17-16-6(21-7)9(13,14)15)8(19)20-3-2-4(10)5(11)12/h2-3H2,1H3. The summed E-state index contributed by atoms with van der Waals surface area (Å²) in [6.45, 7) is 0. The quantitative estimate of drug-likeness (QED) is 0.578. The molecule has 0 aliphatic carbocycles. The Morgan fingerprint density at radius 3 is 2.38 bits per heavy atom. The highest BCUT2D eigenvalue weighted by molar-refractivity contribution is 8.23. The van der Waals surface area contributed by atoms with Crippen molar-refractivity contribution in [1.82, 2.24) is 10.2 Å². The van der Waals surface area contributed by atoms with Crippen LogP contribution in [-0.4, -0.2) is 27.3 Å². The van der Waals surface area contributed by atoms with Gasteiger partial charge >= 0.3 is 12.3 Å². The topological polar surface area (TPSA) is 29.0 Å². The normalized spacial score (nSPS) is 11.4. The third-order valence-electron chi connectivity index (χ3n) is 1.97. The number of allylic oxidation sites excluding steroid dienone is 1. The van der Waals surface area contributed by atoms with E-state index in [4.69, 9.17) is 12.2 Å². The van der Waals surface area contributed by atoms with Gasteiger partial charge in [0.2, 0.25) is 10.1 Å². The van der Waals surface area contributed by atoms with Crippen molar-refractivity contribution in [3.63, 3.8) is 0 Å². The SMILES string of the molecule is CN(C(=S)SCCC(F)=C(F)F)c1nnc(C(F)(F)F)s1. The lowest BCUT2D eigenvalue weighted by molar-refractivity contribution is -0.138. The van der Waals surface area contributed by atoms with Gasteiger partial charge in [0, 0.05) is 19.2 Å². The number of thioether (sulfide) groups is 1. The first kappa shape index (κ1) is 18.2. The van der Waals surface area contributed by atoms with E-state index in [1.54, 1.807) is 0 Å². The number of hydrogen-bond donors (Lipinski definition) is 0. The molecule has 1 aromatic rings. The Bertz CT molecular complexity index is 537. The third kappa shape index (κ3) is 5.43. The van der Waals surface area contributed by atoms with Gasteiger partial charge in [-0.2, -0.15) is 22.0 Å². The Labute approximate surface area is 129 Å². The predicted octanol–water partition coefficient (Wildman–Crippen LogP) is 4.48. The summed E-state index contributed by atoms with van der Waals surface area (Å²) >= 11 is 6.04. The molecule has 21 heavy (non-hydrogen) atoms. The average Bonchev–Trinajstić information content (AvgIpc) is 2.86. The van der Waals surface area contributed by atoms with Gasteiger partial charge in [-0.25, -0.2) is 4.39 Å². The molecule has 0 N–H and O–H groups in total. The molecule has 12 heteroatoms. The molecule has 0 fully saturated rings. The Morgan fingerprint density at radius 1 is 1.29 bits per heavy atom. The van der Waals surface area contributed by atoms with E-state index in [0.717, 1.165) is 16.7 Å². The molecule has 0 atom stereocenters. The molecule has 0 bridgehead atoms. The molecule has 0 amide bonds. The summed E-state index contributed by atoms with van der Waals surface area (Å²) in [5.41, 5.74) is 0. The van der Waals surface area contributed by atoms with Crippen LogP contribution in [0.3, 0.4) is 0 Å².